The molecule has 0 saturated carbocycles. The number of hydrogen-bond acceptors (Lipinski definition) is 3. The lowest BCUT2D eigenvalue weighted by Gasteiger charge is -2.15. The first-order valence-corrected chi connectivity index (χ1v) is 10.8. The van der Waals surface area contributed by atoms with Crippen molar-refractivity contribution in [3.8, 4) is 0 Å². The Bertz CT molecular complexity index is 997. The van der Waals surface area contributed by atoms with E-state index in [1.54, 1.807) is 0 Å². The zero-order chi connectivity index (χ0) is 21.5. The van der Waals surface area contributed by atoms with Crippen LogP contribution in [0.15, 0.2) is 77.7 Å². The summed E-state index contributed by atoms with van der Waals surface area (Å²) in [5.74, 6) is -0.0828. The van der Waals surface area contributed by atoms with E-state index >= 15 is 0 Å². The second-order valence-corrected chi connectivity index (χ2v) is 8.67. The molecule has 0 aliphatic heterocycles. The lowest BCUT2D eigenvalue weighted by Crippen LogP contribution is -2.23. The average Bonchev–Trinajstić information content (AvgIpc) is 2.72. The summed E-state index contributed by atoms with van der Waals surface area (Å²) in [7, 11) is 0. The second kappa shape index (κ2) is 10.1. The Labute approximate surface area is 182 Å². The third kappa shape index (κ3) is 5.97. The number of carbonyl (C=O) groups is 2. The van der Waals surface area contributed by atoms with Gasteiger partial charge < -0.3 is 10.6 Å². The van der Waals surface area contributed by atoms with Gasteiger partial charge >= 0.3 is 0 Å². The van der Waals surface area contributed by atoms with Crippen molar-refractivity contribution in [2.24, 2.45) is 0 Å². The molecular weight excluding hydrogens is 392 g/mol. The van der Waals surface area contributed by atoms with Crippen molar-refractivity contribution in [3.05, 3.63) is 89.5 Å². The Morgan fingerprint density at radius 3 is 2.10 bits per heavy atom. The van der Waals surface area contributed by atoms with Crippen LogP contribution in [0.1, 0.15) is 23.6 Å². The molecule has 4 nitrogen and oxygen atoms in total. The molecule has 2 N–H and O–H groups in total. The molecule has 30 heavy (non-hydrogen) atoms. The van der Waals surface area contributed by atoms with Crippen LogP contribution in [0, 0.1) is 13.8 Å². The largest absolute Gasteiger partial charge is 0.326 e. The normalized spacial score (nSPS) is 11.6. The smallest absolute Gasteiger partial charge is 0.237 e. The molecule has 0 aromatic heterocycles. The molecule has 3 aromatic rings. The van der Waals surface area contributed by atoms with Crippen molar-refractivity contribution in [2.75, 3.05) is 10.6 Å². The highest BCUT2D eigenvalue weighted by molar-refractivity contribution is 8.00. The van der Waals surface area contributed by atoms with E-state index in [4.69, 9.17) is 0 Å². The number of aryl methyl sites for hydroxylation is 2. The zero-order valence-corrected chi connectivity index (χ0v) is 18.3. The standard InChI is InChI=1S/C25H26N2O2S/c1-17-8-7-9-18(2)24(17)27-25(29)19(3)30-22-14-12-21(13-15-22)26-23(28)16-20-10-5-4-6-11-20/h4-15,19H,16H2,1-3H3,(H,26,28)(H,27,29). The van der Waals surface area contributed by atoms with E-state index in [9.17, 15) is 9.59 Å². The minimum Gasteiger partial charge on any atom is -0.326 e. The monoisotopic (exact) mass is 418 g/mol. The molecule has 0 saturated heterocycles. The van der Waals surface area contributed by atoms with Crippen LogP contribution in [0.2, 0.25) is 0 Å². The Morgan fingerprint density at radius 2 is 1.47 bits per heavy atom. The van der Waals surface area contributed by atoms with Crippen molar-refractivity contribution < 1.29 is 9.59 Å². The molecule has 1 atom stereocenters. The predicted molar refractivity (Wildman–Crippen MR) is 125 cm³/mol. The number of para-hydroxylation sites is 1. The van der Waals surface area contributed by atoms with Crippen molar-refractivity contribution >= 4 is 35.0 Å². The second-order valence-electron chi connectivity index (χ2n) is 7.25. The molecule has 154 valence electrons. The zero-order valence-electron chi connectivity index (χ0n) is 17.4. The topological polar surface area (TPSA) is 58.2 Å². The molecule has 0 bridgehead atoms. The molecular formula is C25H26N2O2S. The summed E-state index contributed by atoms with van der Waals surface area (Å²) in [6.45, 7) is 5.87. The summed E-state index contributed by atoms with van der Waals surface area (Å²) in [5.41, 5.74) is 4.71. The quantitative estimate of drug-likeness (QED) is 0.491. The molecule has 1 unspecified atom stereocenters. The maximum Gasteiger partial charge on any atom is 0.237 e. The van der Waals surface area contributed by atoms with E-state index in [0.29, 0.717) is 6.42 Å². The highest BCUT2D eigenvalue weighted by Crippen LogP contribution is 2.27. The van der Waals surface area contributed by atoms with Gasteiger partial charge in [0.15, 0.2) is 0 Å². The van der Waals surface area contributed by atoms with Crippen LogP contribution in [0.5, 0.6) is 0 Å². The first-order valence-electron chi connectivity index (χ1n) is 9.90. The lowest BCUT2D eigenvalue weighted by molar-refractivity contribution is -0.116. The maximum atomic E-state index is 12.6. The van der Waals surface area contributed by atoms with Gasteiger partial charge in [-0.2, -0.15) is 0 Å². The first kappa shape index (κ1) is 21.7. The number of amides is 2. The Balaban J connectivity index is 1.54. The number of rotatable bonds is 7. The minimum atomic E-state index is -0.248. The van der Waals surface area contributed by atoms with E-state index in [-0.39, 0.29) is 17.1 Å². The number of anilines is 2. The number of hydrogen-bond donors (Lipinski definition) is 2. The van der Waals surface area contributed by atoms with Crippen molar-refractivity contribution in [3.63, 3.8) is 0 Å². The minimum absolute atomic E-state index is 0.0300. The van der Waals surface area contributed by atoms with Gasteiger partial charge in [-0.05, 0) is 61.7 Å². The van der Waals surface area contributed by atoms with E-state index in [1.165, 1.54) is 11.8 Å². The van der Waals surface area contributed by atoms with Gasteiger partial charge in [-0.1, -0.05) is 48.5 Å². The maximum absolute atomic E-state index is 12.6. The van der Waals surface area contributed by atoms with E-state index < -0.39 is 0 Å². The molecule has 0 fully saturated rings. The molecule has 3 rings (SSSR count). The number of thioether (sulfide) groups is 1. The molecule has 2 amide bonds. The molecule has 0 heterocycles. The molecule has 0 aliphatic rings. The average molecular weight is 419 g/mol. The van der Waals surface area contributed by atoms with Crippen LogP contribution < -0.4 is 10.6 Å². The highest BCUT2D eigenvalue weighted by atomic mass is 32.2. The fourth-order valence-electron chi connectivity index (χ4n) is 3.10. The molecule has 0 aliphatic carbocycles. The van der Waals surface area contributed by atoms with Crippen molar-refractivity contribution in [2.45, 2.75) is 37.3 Å². The van der Waals surface area contributed by atoms with Crippen LogP contribution in [0.3, 0.4) is 0 Å². The molecule has 3 aromatic carbocycles. The SMILES string of the molecule is Cc1cccc(C)c1NC(=O)C(C)Sc1ccc(NC(=O)Cc2ccccc2)cc1. The molecule has 0 spiro atoms. The van der Waals surface area contributed by atoms with Gasteiger partial charge in [0.05, 0.1) is 11.7 Å². The van der Waals surface area contributed by atoms with Gasteiger partial charge in [0, 0.05) is 16.3 Å². The number of carbonyl (C=O) groups excluding carboxylic acids is 2. The summed E-state index contributed by atoms with van der Waals surface area (Å²) in [6, 6.07) is 23.2. The van der Waals surface area contributed by atoms with Gasteiger partial charge in [-0.25, -0.2) is 0 Å². The van der Waals surface area contributed by atoms with Crippen LogP contribution in [-0.2, 0) is 16.0 Å². The molecule has 0 radical (unpaired) electrons. The van der Waals surface area contributed by atoms with Crippen LogP contribution in [0.25, 0.3) is 0 Å². The van der Waals surface area contributed by atoms with E-state index in [0.717, 1.165) is 33.0 Å². The summed E-state index contributed by atoms with van der Waals surface area (Å²) in [5, 5.41) is 5.71. The number of benzene rings is 3. The fourth-order valence-corrected chi connectivity index (χ4v) is 3.96. The number of nitrogens with one attached hydrogen (secondary N) is 2. The summed E-state index contributed by atoms with van der Waals surface area (Å²) >= 11 is 1.49. The van der Waals surface area contributed by atoms with Crippen LogP contribution in [0.4, 0.5) is 11.4 Å². The van der Waals surface area contributed by atoms with E-state index in [2.05, 4.69) is 10.6 Å². The predicted octanol–water partition coefficient (Wildman–Crippen LogP) is 5.60. The van der Waals surface area contributed by atoms with E-state index in [1.807, 2.05) is 93.6 Å². The fraction of sp³-hybridized carbons (Fsp3) is 0.200. The Morgan fingerprint density at radius 1 is 0.833 bits per heavy atom. The van der Waals surface area contributed by atoms with Gasteiger partial charge in [0.25, 0.3) is 0 Å². The van der Waals surface area contributed by atoms with Crippen LogP contribution >= 0.6 is 11.8 Å². The van der Waals surface area contributed by atoms with Crippen molar-refractivity contribution in [1.82, 2.24) is 0 Å². The van der Waals surface area contributed by atoms with Crippen LogP contribution in [-0.4, -0.2) is 17.1 Å². The van der Waals surface area contributed by atoms with Crippen molar-refractivity contribution in [1.29, 1.82) is 0 Å². The Hall–Kier alpha value is -3.05. The van der Waals surface area contributed by atoms with Gasteiger partial charge in [-0.3, -0.25) is 9.59 Å². The first-order chi connectivity index (χ1) is 14.4. The lowest BCUT2D eigenvalue weighted by atomic mass is 10.1. The Kier molecular flexibility index (Phi) is 7.31. The summed E-state index contributed by atoms with van der Waals surface area (Å²) in [4.78, 5) is 25.8. The third-order valence-corrected chi connectivity index (χ3v) is 5.87. The molecule has 5 heteroatoms. The third-order valence-electron chi connectivity index (χ3n) is 4.76. The van der Waals surface area contributed by atoms with Gasteiger partial charge in [-0.15, -0.1) is 11.8 Å². The highest BCUT2D eigenvalue weighted by Gasteiger charge is 2.16. The van der Waals surface area contributed by atoms with Gasteiger partial charge in [0.1, 0.15) is 0 Å². The van der Waals surface area contributed by atoms with Gasteiger partial charge in [0.2, 0.25) is 11.8 Å². The summed E-state index contributed by atoms with van der Waals surface area (Å²) < 4.78 is 0. The summed E-state index contributed by atoms with van der Waals surface area (Å²) in [6.07, 6.45) is 0.340.